The molecule has 0 aromatic heterocycles. The molecule has 2 aromatic rings. The van der Waals surface area contributed by atoms with E-state index in [1.165, 1.54) is 13.8 Å². The maximum absolute atomic E-state index is 10.4. The number of aryl methyl sites for hydroxylation is 2. The van der Waals surface area contributed by atoms with Gasteiger partial charge in [-0.15, -0.1) is 0 Å². The van der Waals surface area contributed by atoms with Crippen LogP contribution in [0.5, 0.6) is 11.5 Å². The number of non-ortho nitro benzene ring substituents is 1. The van der Waals surface area contributed by atoms with Crippen molar-refractivity contribution in [2.75, 3.05) is 0 Å². The average molecular weight is 474 g/mol. The van der Waals surface area contributed by atoms with E-state index in [-0.39, 0.29) is 108 Å². The van der Waals surface area contributed by atoms with E-state index in [1.54, 1.807) is 0 Å². The quantitative estimate of drug-likeness (QED) is 0.374. The summed E-state index contributed by atoms with van der Waals surface area (Å²) in [7, 11) is 0. The number of hydrogen-bond acceptors (Lipinski definition) is 10. The van der Waals surface area contributed by atoms with Crippen LogP contribution in [0.2, 0.25) is 0 Å². The van der Waals surface area contributed by atoms with Gasteiger partial charge in [-0.05, 0) is 19.4 Å². The molecule has 0 unspecified atom stereocenters. The topological polar surface area (TPSA) is 213 Å². The minimum absolute atomic E-state index is 0. The van der Waals surface area contributed by atoms with Crippen LogP contribution in [0.3, 0.4) is 0 Å². The number of aromatic hydroxyl groups is 2. The zero-order valence-electron chi connectivity index (χ0n) is 16.3. The summed E-state index contributed by atoms with van der Waals surface area (Å²) in [5.74, 6) is -1.45. The van der Waals surface area contributed by atoms with Crippen molar-refractivity contribution in [1.29, 1.82) is 0 Å². The Morgan fingerprint density at radius 2 is 1.00 bits per heavy atom. The maximum Gasteiger partial charge on any atom is 0.318 e. The van der Waals surface area contributed by atoms with Gasteiger partial charge < -0.3 is 10.2 Å². The Hall–Kier alpha value is -1.09. The molecule has 0 fully saturated rings. The van der Waals surface area contributed by atoms with Gasteiger partial charge in [0, 0.05) is 127 Å². The number of nitrogens with zero attached hydrogens (tertiary/aromatic N) is 4. The van der Waals surface area contributed by atoms with Crippen LogP contribution in [-0.2, 0) is 0 Å². The van der Waals surface area contributed by atoms with Crippen molar-refractivity contribution in [1.82, 2.24) is 0 Å². The summed E-state index contributed by atoms with van der Waals surface area (Å²) in [6, 6.07) is 3.94. The molecular formula is C14H12K2N4O10. The third-order valence-electron chi connectivity index (χ3n) is 3.28. The van der Waals surface area contributed by atoms with Crippen LogP contribution in [-0.4, -0.2) is 133 Å². The van der Waals surface area contributed by atoms with Gasteiger partial charge in [0.05, 0.1) is 25.8 Å². The summed E-state index contributed by atoms with van der Waals surface area (Å²) >= 11 is 0. The molecule has 150 valence electrons. The molecule has 0 heterocycles. The van der Waals surface area contributed by atoms with Crippen molar-refractivity contribution in [2.24, 2.45) is 0 Å². The van der Waals surface area contributed by atoms with Gasteiger partial charge in [0.15, 0.2) is 5.75 Å². The van der Waals surface area contributed by atoms with Gasteiger partial charge in [-0.1, -0.05) is 0 Å². The standard InChI is InChI=1S/2C7H6N2O5.2K/c1-4-2-5(8(11)12)3-6(7(4)10)9(13)14;1-4-2-5(8(11)12)7(10)6(3-4)9(13)14;;/h2*2-3,10H,1H3;;. The van der Waals surface area contributed by atoms with Crippen molar-refractivity contribution < 1.29 is 29.9 Å². The number of phenols is 2. The average Bonchev–Trinajstić information content (AvgIpc) is 2.58. The fraction of sp³-hybridized carbons (Fsp3) is 0.143. The van der Waals surface area contributed by atoms with Crippen LogP contribution in [0.1, 0.15) is 11.1 Å². The van der Waals surface area contributed by atoms with Crippen LogP contribution in [0.15, 0.2) is 24.3 Å². The SMILES string of the molecule is Cc1cc([N+](=O)[O-])c(O)c([N+](=O)[O-])c1.Cc1cc([N+](=O)[O-])cc([N+](=O)[O-])c1O.[K].[K]. The Morgan fingerprint density at radius 3 is 1.33 bits per heavy atom. The summed E-state index contributed by atoms with van der Waals surface area (Å²) in [5, 5.41) is 59.8. The fourth-order valence-corrected chi connectivity index (χ4v) is 2.01. The fourth-order valence-electron chi connectivity index (χ4n) is 2.01. The third-order valence-corrected chi connectivity index (χ3v) is 3.28. The zero-order chi connectivity index (χ0) is 21.8. The minimum atomic E-state index is -0.911. The van der Waals surface area contributed by atoms with Crippen molar-refractivity contribution in [3.8, 4) is 11.5 Å². The normalized spacial score (nSPS) is 9.13. The molecule has 2 radical (unpaired) electrons. The Morgan fingerprint density at radius 1 is 0.633 bits per heavy atom. The van der Waals surface area contributed by atoms with Crippen LogP contribution >= 0.6 is 0 Å². The number of nitro groups is 4. The Kier molecular flexibility index (Phi) is 13.8. The molecule has 0 aliphatic carbocycles. The maximum atomic E-state index is 10.4. The summed E-state index contributed by atoms with van der Waals surface area (Å²) in [5.41, 5.74) is -1.93. The number of nitro benzene ring substituents is 4. The second-order valence-corrected chi connectivity index (χ2v) is 5.31. The monoisotopic (exact) mass is 474 g/mol. The summed E-state index contributed by atoms with van der Waals surface area (Å²) in [4.78, 5) is 38.1. The first-order valence-electron chi connectivity index (χ1n) is 7.11. The summed E-state index contributed by atoms with van der Waals surface area (Å²) in [6.45, 7) is 2.83. The molecule has 0 saturated carbocycles. The van der Waals surface area contributed by atoms with Crippen molar-refractivity contribution in [2.45, 2.75) is 13.8 Å². The molecule has 14 nitrogen and oxygen atoms in total. The number of rotatable bonds is 4. The number of benzene rings is 2. The first-order chi connectivity index (χ1) is 12.9. The van der Waals surface area contributed by atoms with Crippen LogP contribution in [0.25, 0.3) is 0 Å². The molecular weight excluding hydrogens is 462 g/mol. The van der Waals surface area contributed by atoms with Crippen LogP contribution in [0.4, 0.5) is 22.7 Å². The molecule has 0 saturated heterocycles. The first kappa shape index (κ1) is 31.1. The van der Waals surface area contributed by atoms with Crippen LogP contribution in [0, 0.1) is 54.3 Å². The second-order valence-electron chi connectivity index (χ2n) is 5.31. The Balaban J connectivity index is 0. The summed E-state index contributed by atoms with van der Waals surface area (Å²) in [6.07, 6.45) is 0. The van der Waals surface area contributed by atoms with E-state index in [2.05, 4.69) is 0 Å². The number of phenolic OH excluding ortho intramolecular Hbond substituents is 2. The van der Waals surface area contributed by atoms with E-state index >= 15 is 0 Å². The first-order valence-corrected chi connectivity index (χ1v) is 7.11. The third kappa shape index (κ3) is 8.21. The molecule has 0 bridgehead atoms. The largest absolute Gasteiger partial charge is 0.502 e. The smallest absolute Gasteiger partial charge is 0.318 e. The van der Waals surface area contributed by atoms with Gasteiger partial charge in [-0.2, -0.15) is 0 Å². The predicted molar refractivity (Wildman–Crippen MR) is 104 cm³/mol. The zero-order valence-corrected chi connectivity index (χ0v) is 22.5. The van der Waals surface area contributed by atoms with E-state index in [0.29, 0.717) is 5.56 Å². The Bertz CT molecular complexity index is 947. The molecule has 0 spiro atoms. The van der Waals surface area contributed by atoms with Crippen molar-refractivity contribution >= 4 is 126 Å². The van der Waals surface area contributed by atoms with E-state index in [1.807, 2.05) is 0 Å². The molecule has 2 aromatic carbocycles. The van der Waals surface area contributed by atoms with E-state index in [4.69, 9.17) is 0 Å². The summed E-state index contributed by atoms with van der Waals surface area (Å²) < 4.78 is 0. The molecule has 0 aliphatic heterocycles. The van der Waals surface area contributed by atoms with Crippen molar-refractivity contribution in [3.63, 3.8) is 0 Å². The van der Waals surface area contributed by atoms with E-state index in [0.717, 1.165) is 24.3 Å². The molecule has 0 aliphatic rings. The van der Waals surface area contributed by atoms with Gasteiger partial charge >= 0.3 is 17.1 Å². The van der Waals surface area contributed by atoms with E-state index < -0.39 is 53.9 Å². The van der Waals surface area contributed by atoms with Gasteiger partial charge in [0.25, 0.3) is 11.4 Å². The van der Waals surface area contributed by atoms with Gasteiger partial charge in [-0.3, -0.25) is 40.5 Å². The van der Waals surface area contributed by atoms with Gasteiger partial charge in [-0.25, -0.2) is 0 Å². The van der Waals surface area contributed by atoms with Gasteiger partial charge in [0.1, 0.15) is 0 Å². The number of hydrogen-bond donors (Lipinski definition) is 2. The van der Waals surface area contributed by atoms with Crippen molar-refractivity contribution in [3.05, 3.63) is 75.8 Å². The predicted octanol–water partition coefficient (Wildman–Crippen LogP) is 2.27. The molecule has 16 heteroatoms. The van der Waals surface area contributed by atoms with Gasteiger partial charge in [0.2, 0.25) is 0 Å². The second kappa shape index (κ2) is 13.4. The minimum Gasteiger partial charge on any atom is -0.502 e. The molecule has 2 N–H and O–H groups in total. The molecule has 30 heavy (non-hydrogen) atoms. The molecule has 2 rings (SSSR count). The van der Waals surface area contributed by atoms with Crippen LogP contribution < -0.4 is 0 Å². The molecule has 0 atom stereocenters. The molecule has 0 amide bonds. The van der Waals surface area contributed by atoms with E-state index in [9.17, 15) is 50.7 Å². The Labute approximate surface area is 252 Å².